The van der Waals surface area contributed by atoms with Gasteiger partial charge in [0.15, 0.2) is 0 Å². The summed E-state index contributed by atoms with van der Waals surface area (Å²) in [5.74, 6) is -0.398. The third-order valence-electron chi connectivity index (χ3n) is 1.98. The molecule has 0 saturated heterocycles. The van der Waals surface area contributed by atoms with Crippen LogP contribution in [0.1, 0.15) is 17.3 Å². The van der Waals surface area contributed by atoms with E-state index in [0.717, 1.165) is 3.57 Å². The van der Waals surface area contributed by atoms with E-state index >= 15 is 0 Å². The highest BCUT2D eigenvalue weighted by molar-refractivity contribution is 14.1. The predicted octanol–water partition coefficient (Wildman–Crippen LogP) is 2.28. The standard InChI is InChI=1S/C12H9IN4O2/c1-2-19-12(18)8-3-4-11(10(13)5-8)17-16-9(6-14)7-15/h3-5,17H,2H2,1H3. The molecule has 0 aliphatic carbocycles. The molecule has 1 rings (SSSR count). The van der Waals surface area contributed by atoms with Crippen molar-refractivity contribution in [1.82, 2.24) is 0 Å². The molecule has 0 fully saturated rings. The lowest BCUT2D eigenvalue weighted by molar-refractivity contribution is 0.0526. The first-order chi connectivity index (χ1) is 9.12. The molecule has 0 bridgehead atoms. The summed E-state index contributed by atoms with van der Waals surface area (Å²) in [5.41, 5.74) is 3.35. The number of carbonyl (C=O) groups is 1. The van der Waals surface area contributed by atoms with Crippen LogP contribution in [0.5, 0.6) is 0 Å². The smallest absolute Gasteiger partial charge is 0.338 e. The van der Waals surface area contributed by atoms with Gasteiger partial charge in [-0.2, -0.15) is 15.6 Å². The number of ether oxygens (including phenoxy) is 1. The zero-order valence-electron chi connectivity index (χ0n) is 9.98. The van der Waals surface area contributed by atoms with Crippen molar-refractivity contribution in [1.29, 1.82) is 10.5 Å². The fraction of sp³-hybridized carbons (Fsp3) is 0.167. The molecule has 7 heteroatoms. The molecule has 0 radical (unpaired) electrons. The van der Waals surface area contributed by atoms with Crippen molar-refractivity contribution < 1.29 is 9.53 Å². The summed E-state index contributed by atoms with van der Waals surface area (Å²) in [6.45, 7) is 2.05. The second kappa shape index (κ2) is 7.34. The number of nitriles is 2. The van der Waals surface area contributed by atoms with Crippen molar-refractivity contribution in [3.63, 3.8) is 0 Å². The van der Waals surface area contributed by atoms with Crippen molar-refractivity contribution in [2.75, 3.05) is 12.0 Å². The topological polar surface area (TPSA) is 98.3 Å². The van der Waals surface area contributed by atoms with E-state index in [1.165, 1.54) is 0 Å². The van der Waals surface area contributed by atoms with Crippen molar-refractivity contribution in [2.45, 2.75) is 6.92 Å². The minimum Gasteiger partial charge on any atom is -0.462 e. The minimum atomic E-state index is -0.398. The Morgan fingerprint density at radius 3 is 2.68 bits per heavy atom. The highest BCUT2D eigenvalue weighted by Gasteiger charge is 2.09. The number of hydrogen-bond donors (Lipinski definition) is 1. The Bertz CT molecular complexity index is 583. The van der Waals surface area contributed by atoms with Crippen LogP contribution in [0.15, 0.2) is 23.3 Å². The second-order valence-corrected chi connectivity index (χ2v) is 4.37. The van der Waals surface area contributed by atoms with Crippen LogP contribution < -0.4 is 5.43 Å². The van der Waals surface area contributed by atoms with Crippen LogP contribution in [0.4, 0.5) is 5.69 Å². The maximum Gasteiger partial charge on any atom is 0.338 e. The van der Waals surface area contributed by atoms with E-state index in [9.17, 15) is 4.79 Å². The van der Waals surface area contributed by atoms with E-state index in [-0.39, 0.29) is 5.71 Å². The maximum absolute atomic E-state index is 11.5. The Hall–Kier alpha value is -2.13. The Morgan fingerprint density at radius 2 is 2.16 bits per heavy atom. The van der Waals surface area contributed by atoms with Crippen LogP contribution in [0.25, 0.3) is 0 Å². The van der Waals surface area contributed by atoms with Gasteiger partial charge < -0.3 is 4.74 Å². The lowest BCUT2D eigenvalue weighted by atomic mass is 10.2. The molecule has 0 spiro atoms. The molecule has 0 heterocycles. The first-order valence-electron chi connectivity index (χ1n) is 5.23. The summed E-state index contributed by atoms with van der Waals surface area (Å²) in [6, 6.07) is 8.12. The third kappa shape index (κ3) is 4.23. The maximum atomic E-state index is 11.5. The zero-order valence-corrected chi connectivity index (χ0v) is 12.1. The Labute approximate surface area is 123 Å². The molecule has 0 aliphatic rings. The summed E-state index contributed by atoms with van der Waals surface area (Å²) in [7, 11) is 0. The fourth-order valence-corrected chi connectivity index (χ4v) is 1.77. The van der Waals surface area contributed by atoms with Gasteiger partial charge >= 0.3 is 5.97 Å². The highest BCUT2D eigenvalue weighted by atomic mass is 127. The van der Waals surface area contributed by atoms with E-state index in [4.69, 9.17) is 15.3 Å². The summed E-state index contributed by atoms with van der Waals surface area (Å²) in [5, 5.41) is 20.7. The number of halogens is 1. The number of esters is 1. The van der Waals surface area contributed by atoms with E-state index in [1.807, 2.05) is 22.6 Å². The van der Waals surface area contributed by atoms with Crippen LogP contribution in [0, 0.1) is 26.2 Å². The number of carbonyl (C=O) groups excluding carboxylic acids is 1. The van der Waals surface area contributed by atoms with Gasteiger partial charge in [0.25, 0.3) is 0 Å². The molecule has 1 aromatic carbocycles. The van der Waals surface area contributed by atoms with E-state index < -0.39 is 5.97 Å². The average molecular weight is 368 g/mol. The fourth-order valence-electron chi connectivity index (χ4n) is 1.14. The normalized spacial score (nSPS) is 8.84. The highest BCUT2D eigenvalue weighted by Crippen LogP contribution is 2.20. The average Bonchev–Trinajstić information content (AvgIpc) is 2.41. The van der Waals surface area contributed by atoms with Gasteiger partial charge in [-0.25, -0.2) is 4.79 Å². The summed E-state index contributed by atoms with van der Waals surface area (Å²) < 4.78 is 5.60. The minimum absolute atomic E-state index is 0.273. The largest absolute Gasteiger partial charge is 0.462 e. The molecule has 19 heavy (non-hydrogen) atoms. The first-order valence-corrected chi connectivity index (χ1v) is 6.30. The summed E-state index contributed by atoms with van der Waals surface area (Å²) >= 11 is 2.01. The van der Waals surface area contributed by atoms with Gasteiger partial charge in [-0.3, -0.25) is 5.43 Å². The van der Waals surface area contributed by atoms with Crippen LogP contribution in [0.3, 0.4) is 0 Å². The number of hydrogen-bond acceptors (Lipinski definition) is 6. The van der Waals surface area contributed by atoms with E-state index in [0.29, 0.717) is 17.9 Å². The van der Waals surface area contributed by atoms with E-state index in [2.05, 4.69) is 10.5 Å². The molecule has 96 valence electrons. The van der Waals surface area contributed by atoms with Gasteiger partial charge in [0.05, 0.1) is 17.9 Å². The Morgan fingerprint density at radius 1 is 1.47 bits per heavy atom. The quantitative estimate of drug-likeness (QED) is 0.381. The van der Waals surface area contributed by atoms with Gasteiger partial charge in [-0.1, -0.05) is 0 Å². The van der Waals surface area contributed by atoms with Crippen LogP contribution in [-0.4, -0.2) is 18.3 Å². The Kier molecular flexibility index (Phi) is 5.76. The number of anilines is 1. The van der Waals surface area contributed by atoms with Gasteiger partial charge in [-0.15, -0.1) is 0 Å². The van der Waals surface area contributed by atoms with E-state index in [1.54, 1.807) is 37.3 Å². The molecular formula is C12H9IN4O2. The molecule has 0 unspecified atom stereocenters. The predicted molar refractivity (Wildman–Crippen MR) is 77.4 cm³/mol. The molecule has 0 atom stereocenters. The van der Waals surface area contributed by atoms with Crippen molar-refractivity contribution in [3.8, 4) is 12.1 Å². The van der Waals surface area contributed by atoms with Gasteiger partial charge in [-0.05, 0) is 47.7 Å². The molecule has 0 aliphatic heterocycles. The molecule has 0 amide bonds. The molecule has 0 saturated carbocycles. The number of benzene rings is 1. The van der Waals surface area contributed by atoms with Crippen LogP contribution in [-0.2, 0) is 4.74 Å². The summed E-state index contributed by atoms with van der Waals surface area (Å²) in [4.78, 5) is 11.5. The monoisotopic (exact) mass is 368 g/mol. The van der Waals surface area contributed by atoms with Gasteiger partial charge in [0.1, 0.15) is 12.1 Å². The Balaban J connectivity index is 2.91. The molecule has 0 aromatic heterocycles. The number of nitrogens with one attached hydrogen (secondary N) is 1. The molecule has 1 N–H and O–H groups in total. The first kappa shape index (κ1) is 14.9. The second-order valence-electron chi connectivity index (χ2n) is 3.21. The van der Waals surface area contributed by atoms with Gasteiger partial charge in [0.2, 0.25) is 5.71 Å². The number of rotatable bonds is 4. The lowest BCUT2D eigenvalue weighted by Gasteiger charge is -2.06. The molecule has 1 aromatic rings. The van der Waals surface area contributed by atoms with Gasteiger partial charge in [0, 0.05) is 3.57 Å². The van der Waals surface area contributed by atoms with Crippen LogP contribution >= 0.6 is 22.6 Å². The number of nitrogens with zero attached hydrogens (tertiary/aromatic N) is 3. The van der Waals surface area contributed by atoms with Crippen molar-refractivity contribution in [3.05, 3.63) is 27.3 Å². The van der Waals surface area contributed by atoms with Crippen molar-refractivity contribution in [2.24, 2.45) is 5.10 Å². The molecule has 6 nitrogen and oxygen atoms in total. The SMILES string of the molecule is CCOC(=O)c1ccc(NN=C(C#N)C#N)c(I)c1. The zero-order chi connectivity index (χ0) is 14.3. The summed E-state index contributed by atoms with van der Waals surface area (Å²) in [6.07, 6.45) is 0. The number of hydrazone groups is 1. The third-order valence-corrected chi connectivity index (χ3v) is 2.87. The van der Waals surface area contributed by atoms with Crippen LogP contribution in [0.2, 0.25) is 0 Å². The van der Waals surface area contributed by atoms with Crippen molar-refractivity contribution >= 4 is 40.0 Å². The molecular weight excluding hydrogens is 359 g/mol. The lowest BCUT2D eigenvalue weighted by Crippen LogP contribution is -2.05.